The van der Waals surface area contributed by atoms with Crippen LogP contribution in [0.1, 0.15) is 6.42 Å². The number of aliphatic hydroxyl groups is 1. The molecule has 0 aliphatic carbocycles. The molecule has 0 aromatic carbocycles. The van der Waals surface area contributed by atoms with E-state index in [1.807, 2.05) is 0 Å². The third-order valence-electron chi connectivity index (χ3n) is 2.06. The van der Waals surface area contributed by atoms with Gasteiger partial charge in [0.1, 0.15) is 0 Å². The highest BCUT2D eigenvalue weighted by Gasteiger charge is 2.35. The first-order chi connectivity index (χ1) is 4.36. The maximum Gasteiger partial charge on any atom is 0.0731 e. The Hall–Kier alpha value is 0.170. The minimum absolute atomic E-state index is 0. The zero-order valence-corrected chi connectivity index (χ0v) is 6.43. The van der Waals surface area contributed by atoms with Gasteiger partial charge in [-0.1, -0.05) is 0 Å². The van der Waals surface area contributed by atoms with E-state index >= 15 is 0 Å². The molecule has 3 nitrogen and oxygen atoms in total. The van der Waals surface area contributed by atoms with E-state index in [-0.39, 0.29) is 24.6 Å². The van der Waals surface area contributed by atoms with E-state index in [0.717, 1.165) is 13.0 Å². The summed E-state index contributed by atoms with van der Waals surface area (Å²) in [5.41, 5.74) is 0. The van der Waals surface area contributed by atoms with Crippen LogP contribution in [-0.2, 0) is 4.74 Å². The van der Waals surface area contributed by atoms with Gasteiger partial charge in [0.25, 0.3) is 0 Å². The van der Waals surface area contributed by atoms with E-state index in [4.69, 9.17) is 4.74 Å². The van der Waals surface area contributed by atoms with Crippen molar-refractivity contribution in [2.45, 2.75) is 24.6 Å². The van der Waals surface area contributed by atoms with Crippen LogP contribution in [0.3, 0.4) is 0 Å². The molecule has 2 heterocycles. The monoisotopic (exact) mass is 165 g/mol. The fraction of sp³-hybridized carbons (Fsp3) is 1.00. The summed E-state index contributed by atoms with van der Waals surface area (Å²) >= 11 is 0. The lowest BCUT2D eigenvalue weighted by Crippen LogP contribution is -2.43. The van der Waals surface area contributed by atoms with Crippen molar-refractivity contribution in [1.29, 1.82) is 0 Å². The summed E-state index contributed by atoms with van der Waals surface area (Å²) in [4.78, 5) is 0. The molecule has 3 atom stereocenters. The molecule has 0 aromatic heterocycles. The third kappa shape index (κ3) is 1.27. The predicted molar refractivity (Wildman–Crippen MR) is 39.4 cm³/mol. The van der Waals surface area contributed by atoms with Gasteiger partial charge in [0.2, 0.25) is 0 Å². The molecule has 2 N–H and O–H groups in total. The lowest BCUT2D eigenvalue weighted by molar-refractivity contribution is 0.0528. The second-order valence-corrected chi connectivity index (χ2v) is 2.81. The number of rotatable bonds is 0. The van der Waals surface area contributed by atoms with Crippen LogP contribution in [0, 0.1) is 0 Å². The van der Waals surface area contributed by atoms with Crippen LogP contribution in [0.2, 0.25) is 0 Å². The first-order valence-electron chi connectivity index (χ1n) is 3.38. The summed E-state index contributed by atoms with van der Waals surface area (Å²) < 4.78 is 5.20. The predicted octanol–water partition coefficient (Wildman–Crippen LogP) is -0.470. The number of ether oxygens (including phenoxy) is 1. The topological polar surface area (TPSA) is 41.5 Å². The van der Waals surface area contributed by atoms with Crippen LogP contribution >= 0.6 is 12.4 Å². The Morgan fingerprint density at radius 3 is 2.80 bits per heavy atom. The van der Waals surface area contributed by atoms with Gasteiger partial charge in [-0.15, -0.1) is 12.4 Å². The van der Waals surface area contributed by atoms with E-state index < -0.39 is 0 Å². The molecule has 2 rings (SSSR count). The minimum Gasteiger partial charge on any atom is -0.391 e. The van der Waals surface area contributed by atoms with Crippen molar-refractivity contribution >= 4 is 12.4 Å². The molecule has 60 valence electrons. The van der Waals surface area contributed by atoms with Crippen molar-refractivity contribution in [3.05, 3.63) is 0 Å². The first-order valence-corrected chi connectivity index (χ1v) is 3.38. The number of morpholine rings is 1. The molecule has 3 unspecified atom stereocenters. The van der Waals surface area contributed by atoms with Crippen molar-refractivity contribution in [2.75, 3.05) is 13.2 Å². The second-order valence-electron chi connectivity index (χ2n) is 2.81. The smallest absolute Gasteiger partial charge is 0.0731 e. The number of fused-ring (bicyclic) bond motifs is 2. The SMILES string of the molecule is Cl.OC1CC2COCC1N2. The highest BCUT2D eigenvalue weighted by molar-refractivity contribution is 5.85. The molecule has 2 fully saturated rings. The molecule has 0 amide bonds. The maximum absolute atomic E-state index is 9.26. The van der Waals surface area contributed by atoms with Gasteiger partial charge in [0, 0.05) is 6.04 Å². The van der Waals surface area contributed by atoms with Gasteiger partial charge in [-0.2, -0.15) is 0 Å². The number of aliphatic hydroxyl groups excluding tert-OH is 1. The summed E-state index contributed by atoms with van der Waals surface area (Å²) in [5, 5.41) is 12.5. The van der Waals surface area contributed by atoms with Crippen LogP contribution in [0.4, 0.5) is 0 Å². The average molecular weight is 166 g/mol. The van der Waals surface area contributed by atoms with Crippen molar-refractivity contribution in [3.8, 4) is 0 Å². The summed E-state index contributed by atoms with van der Waals surface area (Å²) in [6.07, 6.45) is 0.697. The van der Waals surface area contributed by atoms with Crippen LogP contribution in [0.25, 0.3) is 0 Å². The molecule has 2 saturated heterocycles. The Labute approximate surface area is 66.2 Å². The molecular weight excluding hydrogens is 154 g/mol. The molecule has 4 heteroatoms. The Morgan fingerprint density at radius 2 is 2.20 bits per heavy atom. The van der Waals surface area contributed by atoms with E-state index in [0.29, 0.717) is 12.6 Å². The van der Waals surface area contributed by atoms with Gasteiger partial charge < -0.3 is 15.2 Å². The summed E-state index contributed by atoms with van der Waals surface area (Å²) in [6.45, 7) is 1.45. The van der Waals surface area contributed by atoms with Crippen molar-refractivity contribution in [2.24, 2.45) is 0 Å². The Kier molecular flexibility index (Phi) is 2.52. The normalized spacial score (nSPS) is 44.7. The van der Waals surface area contributed by atoms with Crippen LogP contribution in [0.5, 0.6) is 0 Å². The zero-order chi connectivity index (χ0) is 6.27. The lowest BCUT2D eigenvalue weighted by atomic mass is 10.2. The van der Waals surface area contributed by atoms with Gasteiger partial charge in [-0.3, -0.25) is 0 Å². The summed E-state index contributed by atoms with van der Waals surface area (Å²) in [6, 6.07) is 0.627. The van der Waals surface area contributed by atoms with Crippen LogP contribution in [0.15, 0.2) is 0 Å². The van der Waals surface area contributed by atoms with Crippen LogP contribution in [-0.4, -0.2) is 36.5 Å². The van der Waals surface area contributed by atoms with Gasteiger partial charge in [-0.25, -0.2) is 0 Å². The number of halogens is 1. The summed E-state index contributed by atoms with van der Waals surface area (Å²) in [5.74, 6) is 0. The Morgan fingerprint density at radius 1 is 1.40 bits per heavy atom. The van der Waals surface area contributed by atoms with Crippen molar-refractivity contribution in [1.82, 2.24) is 5.32 Å². The van der Waals surface area contributed by atoms with E-state index in [9.17, 15) is 5.11 Å². The molecule has 2 aliphatic heterocycles. The highest BCUT2D eigenvalue weighted by Crippen LogP contribution is 2.17. The molecule has 0 aromatic rings. The number of hydrogen-bond donors (Lipinski definition) is 2. The molecular formula is C6H12ClNO2. The number of nitrogens with one attached hydrogen (secondary N) is 1. The van der Waals surface area contributed by atoms with E-state index in [2.05, 4.69) is 5.32 Å². The lowest BCUT2D eigenvalue weighted by Gasteiger charge is -2.21. The quantitative estimate of drug-likeness (QED) is 0.510. The summed E-state index contributed by atoms with van der Waals surface area (Å²) in [7, 11) is 0. The second kappa shape index (κ2) is 3.05. The molecule has 0 radical (unpaired) electrons. The fourth-order valence-electron chi connectivity index (χ4n) is 1.55. The molecule has 0 saturated carbocycles. The average Bonchev–Trinajstić information content (AvgIpc) is 2.09. The van der Waals surface area contributed by atoms with Crippen molar-refractivity contribution in [3.63, 3.8) is 0 Å². The van der Waals surface area contributed by atoms with Gasteiger partial charge in [-0.05, 0) is 6.42 Å². The number of hydrogen-bond acceptors (Lipinski definition) is 3. The van der Waals surface area contributed by atoms with E-state index in [1.54, 1.807) is 0 Å². The molecule has 0 spiro atoms. The molecule has 2 aliphatic rings. The minimum atomic E-state index is -0.169. The molecule has 10 heavy (non-hydrogen) atoms. The Balaban J connectivity index is 0.000000500. The standard InChI is InChI=1S/C6H11NO2.ClH/c8-6-1-4-2-9-3-5(6)7-4;/h4-8H,1-3H2;1H. The Bertz CT molecular complexity index is 120. The highest BCUT2D eigenvalue weighted by atomic mass is 35.5. The zero-order valence-electron chi connectivity index (χ0n) is 5.62. The van der Waals surface area contributed by atoms with Gasteiger partial charge in [0.15, 0.2) is 0 Å². The maximum atomic E-state index is 9.26. The van der Waals surface area contributed by atoms with Gasteiger partial charge >= 0.3 is 0 Å². The van der Waals surface area contributed by atoms with Crippen LogP contribution < -0.4 is 5.32 Å². The fourth-order valence-corrected chi connectivity index (χ4v) is 1.55. The largest absolute Gasteiger partial charge is 0.391 e. The van der Waals surface area contributed by atoms with Gasteiger partial charge in [0.05, 0.1) is 25.4 Å². The molecule has 2 bridgehead atoms. The third-order valence-corrected chi connectivity index (χ3v) is 2.06. The van der Waals surface area contributed by atoms with E-state index in [1.165, 1.54) is 0 Å². The van der Waals surface area contributed by atoms with Crippen molar-refractivity contribution < 1.29 is 9.84 Å². The first kappa shape index (κ1) is 8.27.